The molecular formula is C24H30O3. The maximum Gasteiger partial charge on any atom is 0.339 e. The third kappa shape index (κ3) is 2.81. The Kier molecular flexibility index (Phi) is 3.76. The molecule has 3 aliphatic rings. The van der Waals surface area contributed by atoms with Gasteiger partial charge in [0, 0.05) is 17.0 Å². The lowest BCUT2D eigenvalue weighted by Crippen LogP contribution is -2.44. The lowest BCUT2D eigenvalue weighted by atomic mass is 9.67. The van der Waals surface area contributed by atoms with Crippen LogP contribution in [0.15, 0.2) is 21.3 Å². The van der Waals surface area contributed by atoms with Gasteiger partial charge in [-0.05, 0) is 86.3 Å². The number of rotatable bonds is 0. The molecule has 0 unspecified atom stereocenters. The molecule has 0 atom stereocenters. The van der Waals surface area contributed by atoms with Crippen LogP contribution in [0.1, 0.15) is 76.0 Å². The van der Waals surface area contributed by atoms with E-state index in [1.165, 1.54) is 24.0 Å². The average molecular weight is 367 g/mol. The largest absolute Gasteiger partial charge is 0.487 e. The zero-order chi connectivity index (χ0) is 18.8. The van der Waals surface area contributed by atoms with Crippen LogP contribution in [-0.4, -0.2) is 5.60 Å². The fraction of sp³-hybridized carbons (Fsp3) is 0.625. The molecule has 2 heterocycles. The van der Waals surface area contributed by atoms with E-state index >= 15 is 0 Å². The number of benzene rings is 1. The predicted molar refractivity (Wildman–Crippen MR) is 108 cm³/mol. The molecule has 0 radical (unpaired) electrons. The maximum atomic E-state index is 12.3. The summed E-state index contributed by atoms with van der Waals surface area (Å²) in [4.78, 5) is 12.3. The van der Waals surface area contributed by atoms with Gasteiger partial charge in [0.1, 0.15) is 16.9 Å². The summed E-state index contributed by atoms with van der Waals surface area (Å²) in [5.74, 6) is 1.73. The fourth-order valence-electron chi connectivity index (χ4n) is 5.65. The Morgan fingerprint density at radius 2 is 1.74 bits per heavy atom. The second-order valence-corrected chi connectivity index (χ2v) is 10.1. The highest BCUT2D eigenvalue weighted by atomic mass is 16.5. The zero-order valence-corrected chi connectivity index (χ0v) is 16.8. The summed E-state index contributed by atoms with van der Waals surface area (Å²) in [5, 5.41) is 1.14. The van der Waals surface area contributed by atoms with Crippen molar-refractivity contribution in [3.8, 4) is 5.75 Å². The molecule has 0 N–H and O–H groups in total. The van der Waals surface area contributed by atoms with E-state index < -0.39 is 0 Å². The first-order valence-corrected chi connectivity index (χ1v) is 10.7. The first kappa shape index (κ1) is 17.3. The Hall–Kier alpha value is -1.77. The van der Waals surface area contributed by atoms with Crippen molar-refractivity contribution in [1.29, 1.82) is 0 Å². The van der Waals surface area contributed by atoms with Gasteiger partial charge in [0.15, 0.2) is 0 Å². The van der Waals surface area contributed by atoms with E-state index in [1.807, 2.05) is 6.07 Å². The third-order valence-corrected chi connectivity index (χ3v) is 7.45. The maximum absolute atomic E-state index is 12.3. The van der Waals surface area contributed by atoms with Crippen LogP contribution in [0.2, 0.25) is 0 Å². The molecule has 27 heavy (non-hydrogen) atoms. The van der Waals surface area contributed by atoms with Gasteiger partial charge in [0.05, 0.1) is 0 Å². The minimum atomic E-state index is -0.147. The normalized spacial score (nSPS) is 27.4. The van der Waals surface area contributed by atoms with E-state index in [1.54, 1.807) is 0 Å². The highest BCUT2D eigenvalue weighted by Gasteiger charge is 2.42. The van der Waals surface area contributed by atoms with Crippen molar-refractivity contribution in [3.63, 3.8) is 0 Å². The molecule has 3 heteroatoms. The van der Waals surface area contributed by atoms with Crippen molar-refractivity contribution in [2.45, 2.75) is 84.2 Å². The molecule has 1 aromatic heterocycles. The van der Waals surface area contributed by atoms with Gasteiger partial charge >= 0.3 is 5.63 Å². The monoisotopic (exact) mass is 366 g/mol. The zero-order valence-electron chi connectivity index (χ0n) is 16.8. The summed E-state index contributed by atoms with van der Waals surface area (Å²) in [6.45, 7) is 7.08. The number of hydrogen-bond donors (Lipinski definition) is 0. The van der Waals surface area contributed by atoms with E-state index in [0.29, 0.717) is 11.0 Å². The van der Waals surface area contributed by atoms with Gasteiger partial charge in [-0.3, -0.25) is 0 Å². The third-order valence-electron chi connectivity index (χ3n) is 7.45. The van der Waals surface area contributed by atoms with E-state index in [0.717, 1.165) is 67.6 Å². The predicted octanol–water partition coefficient (Wildman–Crippen LogP) is 5.58. The summed E-state index contributed by atoms with van der Waals surface area (Å²) >= 11 is 0. The Bertz CT molecular complexity index is 952. The minimum Gasteiger partial charge on any atom is -0.487 e. The van der Waals surface area contributed by atoms with Crippen molar-refractivity contribution >= 4 is 11.0 Å². The van der Waals surface area contributed by atoms with Gasteiger partial charge in [0.2, 0.25) is 0 Å². The summed E-state index contributed by atoms with van der Waals surface area (Å²) in [7, 11) is 0. The summed E-state index contributed by atoms with van der Waals surface area (Å²) in [6, 6.07) is 4.24. The molecule has 2 aromatic rings. The van der Waals surface area contributed by atoms with Crippen LogP contribution in [0.25, 0.3) is 11.0 Å². The van der Waals surface area contributed by atoms with Crippen LogP contribution in [0.3, 0.4) is 0 Å². The first-order valence-electron chi connectivity index (χ1n) is 10.7. The van der Waals surface area contributed by atoms with Crippen LogP contribution < -0.4 is 10.4 Å². The molecule has 2 aliphatic carbocycles. The fourth-order valence-corrected chi connectivity index (χ4v) is 5.65. The van der Waals surface area contributed by atoms with Crippen molar-refractivity contribution in [3.05, 3.63) is 39.2 Å². The molecule has 3 nitrogen and oxygen atoms in total. The Morgan fingerprint density at radius 3 is 2.48 bits per heavy atom. The molecule has 5 rings (SSSR count). The number of hydrogen-bond acceptors (Lipinski definition) is 3. The quantitative estimate of drug-likeness (QED) is 0.571. The second kappa shape index (κ2) is 5.86. The molecule has 0 amide bonds. The molecule has 1 fully saturated rings. The van der Waals surface area contributed by atoms with Crippen LogP contribution in [0, 0.1) is 11.3 Å². The van der Waals surface area contributed by atoms with Crippen LogP contribution in [0.5, 0.6) is 5.75 Å². The highest BCUT2D eigenvalue weighted by molar-refractivity contribution is 5.84. The van der Waals surface area contributed by atoms with Gasteiger partial charge in [-0.1, -0.05) is 20.8 Å². The summed E-state index contributed by atoms with van der Waals surface area (Å²) in [5.41, 5.74) is 4.33. The number of aryl methyl sites for hydroxylation is 2. The van der Waals surface area contributed by atoms with E-state index in [2.05, 4.69) is 26.8 Å². The average Bonchev–Trinajstić information content (AvgIpc) is 3.11. The lowest BCUT2D eigenvalue weighted by Gasteiger charge is -2.46. The van der Waals surface area contributed by atoms with Crippen LogP contribution in [-0.2, 0) is 19.3 Å². The van der Waals surface area contributed by atoms with Crippen LogP contribution >= 0.6 is 0 Å². The van der Waals surface area contributed by atoms with Crippen molar-refractivity contribution in [2.75, 3.05) is 0 Å². The molecule has 0 saturated heterocycles. The number of fused-ring (bicyclic) bond motifs is 4. The lowest BCUT2D eigenvalue weighted by molar-refractivity contribution is -0.0184. The van der Waals surface area contributed by atoms with Gasteiger partial charge in [-0.15, -0.1) is 0 Å². The van der Waals surface area contributed by atoms with Gasteiger partial charge < -0.3 is 9.15 Å². The Labute approximate surface area is 161 Å². The Balaban J connectivity index is 1.47. The molecular weight excluding hydrogens is 336 g/mol. The highest BCUT2D eigenvalue weighted by Crippen LogP contribution is 2.48. The van der Waals surface area contributed by atoms with Crippen molar-refractivity contribution in [1.82, 2.24) is 0 Å². The summed E-state index contributed by atoms with van der Waals surface area (Å²) in [6.07, 6.45) is 9.87. The van der Waals surface area contributed by atoms with E-state index in [4.69, 9.17) is 9.15 Å². The van der Waals surface area contributed by atoms with E-state index in [9.17, 15) is 4.79 Å². The molecule has 1 aliphatic heterocycles. The molecule has 1 aromatic carbocycles. The summed E-state index contributed by atoms with van der Waals surface area (Å²) < 4.78 is 12.3. The SMILES string of the molecule is CC(C)(C)C1CCC2(CCc3cc4c5c(c(=O)oc4cc3O2)CCC5)CC1. The second-order valence-electron chi connectivity index (χ2n) is 10.1. The molecule has 0 bridgehead atoms. The van der Waals surface area contributed by atoms with Gasteiger partial charge in [0.25, 0.3) is 0 Å². The van der Waals surface area contributed by atoms with Gasteiger partial charge in [-0.25, -0.2) is 4.79 Å². The van der Waals surface area contributed by atoms with Crippen molar-refractivity contribution in [2.24, 2.45) is 11.3 Å². The van der Waals surface area contributed by atoms with E-state index in [-0.39, 0.29) is 11.2 Å². The first-order chi connectivity index (χ1) is 12.8. The van der Waals surface area contributed by atoms with Crippen molar-refractivity contribution < 1.29 is 9.15 Å². The van der Waals surface area contributed by atoms with Crippen LogP contribution in [0.4, 0.5) is 0 Å². The standard InChI is InChI=1S/C24H30O3/c1-23(2,3)16-8-11-24(12-9-16)10-7-15-13-19-17-5-4-6-18(17)22(25)26-21(19)14-20(15)27-24/h13-14,16H,4-12H2,1-3H3. The van der Waals surface area contributed by atoms with Gasteiger partial charge in [-0.2, -0.15) is 0 Å². The smallest absolute Gasteiger partial charge is 0.339 e. The Morgan fingerprint density at radius 1 is 1.00 bits per heavy atom. The topological polar surface area (TPSA) is 39.4 Å². The number of ether oxygens (including phenoxy) is 1. The minimum absolute atomic E-state index is 0.0144. The molecule has 1 spiro atoms. The molecule has 1 saturated carbocycles. The molecule has 144 valence electrons.